The Bertz CT molecular complexity index is 1230. The highest BCUT2D eigenvalue weighted by Gasteiger charge is 2.73. The first-order valence-electron chi connectivity index (χ1n) is 10.8. The average molecular weight is 448 g/mol. The Morgan fingerprint density at radius 1 is 0.909 bits per heavy atom. The predicted octanol–water partition coefficient (Wildman–Crippen LogP) is 3.46. The molecule has 4 atom stereocenters. The van der Waals surface area contributed by atoms with E-state index in [0.29, 0.717) is 46.3 Å². The predicted molar refractivity (Wildman–Crippen MR) is 118 cm³/mol. The van der Waals surface area contributed by atoms with E-state index in [1.54, 1.807) is 19.2 Å². The maximum Gasteiger partial charge on any atom is 0.231 e. The molecule has 7 nitrogen and oxygen atoms in total. The third-order valence-corrected chi connectivity index (χ3v) is 7.15. The van der Waals surface area contributed by atoms with Crippen molar-refractivity contribution in [2.24, 2.45) is 0 Å². The van der Waals surface area contributed by atoms with Gasteiger partial charge in [-0.2, -0.15) is 0 Å². The zero-order chi connectivity index (χ0) is 22.8. The van der Waals surface area contributed by atoms with Crippen LogP contribution in [0.25, 0.3) is 0 Å². The van der Waals surface area contributed by atoms with Gasteiger partial charge >= 0.3 is 0 Å². The minimum atomic E-state index is -1.78. The van der Waals surface area contributed by atoms with Crippen LogP contribution >= 0.6 is 0 Å². The Hall–Kier alpha value is -3.42. The molecule has 0 aromatic heterocycles. The van der Waals surface area contributed by atoms with Crippen LogP contribution in [0.1, 0.15) is 29.0 Å². The molecule has 3 aromatic rings. The largest absolute Gasteiger partial charge is 0.496 e. The molecule has 6 rings (SSSR count). The second-order valence-corrected chi connectivity index (χ2v) is 8.59. The summed E-state index contributed by atoms with van der Waals surface area (Å²) in [4.78, 5) is 0. The Kier molecular flexibility index (Phi) is 4.31. The first kappa shape index (κ1) is 20.2. The molecule has 3 aromatic carbocycles. The highest BCUT2D eigenvalue weighted by Crippen LogP contribution is 2.68. The molecule has 2 aliphatic heterocycles. The van der Waals surface area contributed by atoms with Gasteiger partial charge in [-0.1, -0.05) is 36.4 Å². The minimum Gasteiger partial charge on any atom is -0.496 e. The third-order valence-electron chi connectivity index (χ3n) is 7.15. The van der Waals surface area contributed by atoms with Gasteiger partial charge < -0.3 is 33.9 Å². The van der Waals surface area contributed by atoms with Gasteiger partial charge in [-0.25, -0.2) is 0 Å². The maximum absolute atomic E-state index is 12.4. The summed E-state index contributed by atoms with van der Waals surface area (Å²) in [6.07, 6.45) is -0.819. The van der Waals surface area contributed by atoms with Crippen LogP contribution < -0.4 is 23.7 Å². The van der Waals surface area contributed by atoms with E-state index in [2.05, 4.69) is 0 Å². The van der Waals surface area contributed by atoms with Gasteiger partial charge in [0, 0.05) is 23.6 Å². The van der Waals surface area contributed by atoms with Crippen molar-refractivity contribution >= 4 is 0 Å². The zero-order valence-electron chi connectivity index (χ0n) is 18.3. The van der Waals surface area contributed by atoms with E-state index in [1.165, 1.54) is 7.11 Å². The summed E-state index contributed by atoms with van der Waals surface area (Å²) in [6, 6.07) is 18.7. The number of hydrogen-bond acceptors (Lipinski definition) is 7. The Balaban J connectivity index is 1.65. The molecule has 1 saturated carbocycles. The van der Waals surface area contributed by atoms with Gasteiger partial charge in [0.15, 0.2) is 22.7 Å². The van der Waals surface area contributed by atoms with E-state index in [0.717, 1.165) is 5.56 Å². The molecule has 2 heterocycles. The molecule has 0 amide bonds. The molecule has 1 fully saturated rings. The fraction of sp³-hybridized carbons (Fsp3) is 0.308. The standard InChI is InChI=1S/C26H24O7/c1-29-17-11-21(30-2)24-22(12-17)33-26(16-8-9-19-20(10-16)32-14-31-19)18(13-23(27)25(24,26)28)15-6-4-3-5-7-15/h3-12,18,23,27-28H,13-14H2,1-2H3/t18-,23+,25-,26+/m0/s1. The number of rotatable bonds is 4. The molecule has 0 bridgehead atoms. The molecule has 0 saturated heterocycles. The molecule has 7 heteroatoms. The maximum atomic E-state index is 12.4. The van der Waals surface area contributed by atoms with Crippen molar-refractivity contribution in [1.29, 1.82) is 0 Å². The molecule has 0 unspecified atom stereocenters. The lowest BCUT2D eigenvalue weighted by molar-refractivity contribution is -0.150. The van der Waals surface area contributed by atoms with E-state index in [4.69, 9.17) is 23.7 Å². The number of ether oxygens (including phenoxy) is 5. The summed E-state index contributed by atoms with van der Waals surface area (Å²) in [5.74, 6) is 2.17. The quantitative estimate of drug-likeness (QED) is 0.632. The first-order chi connectivity index (χ1) is 16.0. The van der Waals surface area contributed by atoms with Crippen molar-refractivity contribution in [3.05, 3.63) is 77.4 Å². The third kappa shape index (κ3) is 2.52. The number of fused-ring (bicyclic) bond motifs is 4. The number of hydrogen-bond donors (Lipinski definition) is 2. The van der Waals surface area contributed by atoms with Crippen molar-refractivity contribution in [1.82, 2.24) is 0 Å². The lowest BCUT2D eigenvalue weighted by Gasteiger charge is -2.40. The van der Waals surface area contributed by atoms with Gasteiger partial charge in [0.05, 0.1) is 25.9 Å². The summed E-state index contributed by atoms with van der Waals surface area (Å²) < 4.78 is 28.9. The van der Waals surface area contributed by atoms with E-state index in [1.807, 2.05) is 48.5 Å². The number of aliphatic hydroxyl groups is 2. The van der Waals surface area contributed by atoms with Gasteiger partial charge in [-0.15, -0.1) is 0 Å². The minimum absolute atomic E-state index is 0.132. The van der Waals surface area contributed by atoms with Gasteiger partial charge in [0.1, 0.15) is 17.2 Å². The Morgan fingerprint density at radius 3 is 2.45 bits per heavy atom. The smallest absolute Gasteiger partial charge is 0.231 e. The normalized spacial score (nSPS) is 28.7. The van der Waals surface area contributed by atoms with E-state index in [9.17, 15) is 10.2 Å². The fourth-order valence-corrected chi connectivity index (χ4v) is 5.71. The molecular weight excluding hydrogens is 424 g/mol. The van der Waals surface area contributed by atoms with Crippen LogP contribution in [0.3, 0.4) is 0 Å². The second kappa shape index (κ2) is 7.04. The SMILES string of the molecule is COc1cc(OC)c2c(c1)O[C@]1(c3ccc4c(c3)OCO4)[C@H](c3ccccc3)C[C@@H](O)[C@]21O. The van der Waals surface area contributed by atoms with Crippen molar-refractivity contribution in [2.45, 2.75) is 29.6 Å². The van der Waals surface area contributed by atoms with E-state index in [-0.39, 0.29) is 12.7 Å². The van der Waals surface area contributed by atoms with Crippen molar-refractivity contribution in [2.75, 3.05) is 21.0 Å². The molecular formula is C26H24O7. The summed E-state index contributed by atoms with van der Waals surface area (Å²) in [5.41, 5.74) is -1.08. The summed E-state index contributed by atoms with van der Waals surface area (Å²) >= 11 is 0. The van der Waals surface area contributed by atoms with Crippen LogP contribution in [0, 0.1) is 0 Å². The zero-order valence-corrected chi connectivity index (χ0v) is 18.3. The number of methoxy groups -OCH3 is 2. The van der Waals surface area contributed by atoms with Gasteiger partial charge in [0.25, 0.3) is 0 Å². The van der Waals surface area contributed by atoms with Gasteiger partial charge in [-0.05, 0) is 24.1 Å². The highest BCUT2D eigenvalue weighted by molar-refractivity contribution is 5.63. The van der Waals surface area contributed by atoms with Crippen molar-refractivity contribution in [3.8, 4) is 28.7 Å². The Morgan fingerprint density at radius 2 is 1.70 bits per heavy atom. The lowest BCUT2D eigenvalue weighted by atomic mass is 9.71. The molecule has 1 aliphatic carbocycles. The van der Waals surface area contributed by atoms with Crippen LogP contribution in [-0.4, -0.2) is 37.3 Å². The van der Waals surface area contributed by atoms with Crippen LogP contribution in [0.5, 0.6) is 28.7 Å². The topological polar surface area (TPSA) is 86.6 Å². The van der Waals surface area contributed by atoms with Crippen LogP contribution in [-0.2, 0) is 11.2 Å². The summed E-state index contributed by atoms with van der Waals surface area (Å²) in [6.45, 7) is 0.132. The van der Waals surface area contributed by atoms with Crippen LogP contribution in [0.2, 0.25) is 0 Å². The van der Waals surface area contributed by atoms with Crippen LogP contribution in [0.15, 0.2) is 60.7 Å². The monoisotopic (exact) mass is 448 g/mol. The van der Waals surface area contributed by atoms with E-state index < -0.39 is 17.3 Å². The summed E-state index contributed by atoms with van der Waals surface area (Å²) in [5, 5.41) is 23.9. The molecule has 170 valence electrons. The van der Waals surface area contributed by atoms with Crippen LogP contribution in [0.4, 0.5) is 0 Å². The molecule has 33 heavy (non-hydrogen) atoms. The molecule has 2 N–H and O–H groups in total. The summed E-state index contributed by atoms with van der Waals surface area (Å²) in [7, 11) is 3.08. The fourth-order valence-electron chi connectivity index (χ4n) is 5.71. The van der Waals surface area contributed by atoms with Gasteiger partial charge in [0.2, 0.25) is 6.79 Å². The number of aliphatic hydroxyl groups excluding tert-OH is 1. The van der Waals surface area contributed by atoms with E-state index >= 15 is 0 Å². The molecule has 0 spiro atoms. The molecule has 3 aliphatic rings. The van der Waals surface area contributed by atoms with Crippen molar-refractivity contribution in [3.63, 3.8) is 0 Å². The van der Waals surface area contributed by atoms with Gasteiger partial charge in [-0.3, -0.25) is 0 Å². The average Bonchev–Trinajstić information content (AvgIpc) is 3.48. The Labute approximate surface area is 191 Å². The lowest BCUT2D eigenvalue weighted by Crippen LogP contribution is -2.52. The second-order valence-electron chi connectivity index (χ2n) is 8.59. The number of benzene rings is 3. The first-order valence-corrected chi connectivity index (χ1v) is 10.8. The van der Waals surface area contributed by atoms with Crippen molar-refractivity contribution < 1.29 is 33.9 Å². The highest BCUT2D eigenvalue weighted by atomic mass is 16.7. The molecule has 0 radical (unpaired) electrons.